The summed E-state index contributed by atoms with van der Waals surface area (Å²) in [5.74, 6) is -1.19. The number of hydrogen-bond donors (Lipinski definition) is 2. The Morgan fingerprint density at radius 2 is 1.73 bits per heavy atom. The highest BCUT2D eigenvalue weighted by atomic mass is 16.4. The second-order valence-electron chi connectivity index (χ2n) is 4.98. The molecule has 1 aliphatic carbocycles. The van der Waals surface area contributed by atoms with E-state index in [4.69, 9.17) is 0 Å². The Morgan fingerprint density at radius 1 is 1.20 bits per heavy atom. The highest BCUT2D eigenvalue weighted by molar-refractivity contribution is 5.87. The first-order chi connectivity index (χ1) is 6.82. The molecule has 86 valence electrons. The second kappa shape index (κ2) is 3.83. The molecule has 4 nitrogen and oxygen atoms in total. The number of carbonyl (C=O) groups is 2. The van der Waals surface area contributed by atoms with Gasteiger partial charge in [-0.3, -0.25) is 4.79 Å². The number of carboxylic acids is 1. The van der Waals surface area contributed by atoms with E-state index < -0.39 is 11.5 Å². The normalized spacial score (nSPS) is 29.5. The van der Waals surface area contributed by atoms with E-state index in [0.29, 0.717) is 6.42 Å². The highest BCUT2D eigenvalue weighted by Gasteiger charge is 2.53. The summed E-state index contributed by atoms with van der Waals surface area (Å²) in [6, 6.07) is 0. The third-order valence-electron chi connectivity index (χ3n) is 3.51. The lowest BCUT2D eigenvalue weighted by atomic mass is 9.63. The van der Waals surface area contributed by atoms with Gasteiger partial charge in [-0.05, 0) is 18.3 Å². The molecule has 0 radical (unpaired) electrons. The van der Waals surface area contributed by atoms with Gasteiger partial charge in [0.2, 0.25) is 5.91 Å². The minimum atomic E-state index is -1.09. The molecular formula is C11H19NO3. The maximum atomic E-state index is 11.4. The van der Waals surface area contributed by atoms with Gasteiger partial charge in [-0.1, -0.05) is 26.7 Å². The Kier molecular flexibility index (Phi) is 3.07. The van der Waals surface area contributed by atoms with E-state index >= 15 is 0 Å². The summed E-state index contributed by atoms with van der Waals surface area (Å²) in [7, 11) is 0. The van der Waals surface area contributed by atoms with Gasteiger partial charge in [0.15, 0.2) is 0 Å². The van der Waals surface area contributed by atoms with Crippen molar-refractivity contribution in [2.75, 3.05) is 0 Å². The minimum Gasteiger partial charge on any atom is -0.479 e. The number of nitrogens with one attached hydrogen (secondary N) is 1. The Morgan fingerprint density at radius 3 is 2.13 bits per heavy atom. The molecule has 1 amide bonds. The molecule has 1 unspecified atom stereocenters. The number of carbonyl (C=O) groups excluding carboxylic acids is 1. The molecule has 0 aromatic heterocycles. The third-order valence-corrected chi connectivity index (χ3v) is 3.51. The number of carboxylic acid groups (broad SMARTS) is 1. The Labute approximate surface area is 90.0 Å². The molecule has 1 aliphatic rings. The molecule has 0 heterocycles. The first kappa shape index (κ1) is 12.0. The Balaban J connectivity index is 3.06. The van der Waals surface area contributed by atoms with Crippen molar-refractivity contribution in [3.8, 4) is 0 Å². The van der Waals surface area contributed by atoms with Crippen LogP contribution in [0.5, 0.6) is 0 Å². The first-order valence-corrected chi connectivity index (χ1v) is 5.34. The molecule has 0 aliphatic heterocycles. The summed E-state index contributed by atoms with van der Waals surface area (Å²) in [4.78, 5) is 22.5. The minimum absolute atomic E-state index is 0.271. The van der Waals surface area contributed by atoms with Gasteiger partial charge < -0.3 is 10.4 Å². The average Bonchev–Trinajstić information content (AvgIpc) is 2.07. The van der Waals surface area contributed by atoms with Gasteiger partial charge in [-0.2, -0.15) is 0 Å². The van der Waals surface area contributed by atoms with Gasteiger partial charge in [0.25, 0.3) is 0 Å². The fourth-order valence-corrected chi connectivity index (χ4v) is 2.49. The molecule has 0 aromatic carbocycles. The predicted octanol–water partition coefficient (Wildman–Crippen LogP) is 1.55. The van der Waals surface area contributed by atoms with Gasteiger partial charge >= 0.3 is 5.97 Å². The highest BCUT2D eigenvalue weighted by Crippen LogP contribution is 2.43. The lowest BCUT2D eigenvalue weighted by Crippen LogP contribution is -2.64. The molecule has 0 aromatic rings. The van der Waals surface area contributed by atoms with Crippen LogP contribution in [-0.4, -0.2) is 22.5 Å². The molecule has 4 heteroatoms. The van der Waals surface area contributed by atoms with Crippen molar-refractivity contribution < 1.29 is 14.7 Å². The SMILES string of the molecule is CC(=O)NC1(C(=O)O)CCCCC1(C)C. The largest absolute Gasteiger partial charge is 0.479 e. The monoisotopic (exact) mass is 213 g/mol. The summed E-state index contributed by atoms with van der Waals surface area (Å²) in [5.41, 5.74) is -1.47. The maximum Gasteiger partial charge on any atom is 0.329 e. The Bertz CT molecular complexity index is 286. The molecule has 1 saturated carbocycles. The molecule has 0 saturated heterocycles. The number of aliphatic carboxylic acids is 1. The molecule has 2 N–H and O–H groups in total. The van der Waals surface area contributed by atoms with Crippen LogP contribution in [-0.2, 0) is 9.59 Å². The van der Waals surface area contributed by atoms with Crippen LogP contribution in [0.3, 0.4) is 0 Å². The summed E-state index contributed by atoms with van der Waals surface area (Å²) in [6.45, 7) is 5.20. The van der Waals surface area contributed by atoms with Crippen LogP contribution in [0.25, 0.3) is 0 Å². The zero-order valence-electron chi connectivity index (χ0n) is 9.59. The third kappa shape index (κ3) is 1.98. The van der Waals surface area contributed by atoms with Gasteiger partial charge in [0.1, 0.15) is 5.54 Å². The zero-order chi connectivity index (χ0) is 11.7. The topological polar surface area (TPSA) is 66.4 Å². The fraction of sp³-hybridized carbons (Fsp3) is 0.818. The molecule has 15 heavy (non-hydrogen) atoms. The Hall–Kier alpha value is -1.06. The van der Waals surface area contributed by atoms with Crippen LogP contribution in [0.15, 0.2) is 0 Å². The van der Waals surface area contributed by atoms with Crippen molar-refractivity contribution in [3.63, 3.8) is 0 Å². The fourth-order valence-electron chi connectivity index (χ4n) is 2.49. The van der Waals surface area contributed by atoms with Gasteiger partial charge in [0, 0.05) is 6.92 Å². The van der Waals surface area contributed by atoms with Crippen molar-refractivity contribution in [2.24, 2.45) is 5.41 Å². The van der Waals surface area contributed by atoms with Crippen molar-refractivity contribution in [1.29, 1.82) is 0 Å². The van der Waals surface area contributed by atoms with E-state index in [9.17, 15) is 14.7 Å². The van der Waals surface area contributed by atoms with Crippen molar-refractivity contribution in [1.82, 2.24) is 5.32 Å². The quantitative estimate of drug-likeness (QED) is 0.731. The van der Waals surface area contributed by atoms with Crippen molar-refractivity contribution >= 4 is 11.9 Å². The maximum absolute atomic E-state index is 11.4. The summed E-state index contributed by atoms with van der Waals surface area (Å²) in [5, 5.41) is 12.0. The number of rotatable bonds is 2. The van der Waals surface area contributed by atoms with E-state index in [-0.39, 0.29) is 11.3 Å². The lowest BCUT2D eigenvalue weighted by Gasteiger charge is -2.47. The lowest BCUT2D eigenvalue weighted by molar-refractivity contribution is -0.156. The summed E-state index contributed by atoms with van der Waals surface area (Å²) < 4.78 is 0. The van der Waals surface area contributed by atoms with Gasteiger partial charge in [-0.25, -0.2) is 4.79 Å². The van der Waals surface area contributed by atoms with Gasteiger partial charge in [0.05, 0.1) is 0 Å². The van der Waals surface area contributed by atoms with E-state index in [1.165, 1.54) is 6.92 Å². The van der Waals surface area contributed by atoms with E-state index in [1.807, 2.05) is 13.8 Å². The van der Waals surface area contributed by atoms with Crippen LogP contribution in [0.2, 0.25) is 0 Å². The molecule has 1 fully saturated rings. The number of hydrogen-bond acceptors (Lipinski definition) is 2. The van der Waals surface area contributed by atoms with Crippen LogP contribution in [0.4, 0.5) is 0 Å². The van der Waals surface area contributed by atoms with Gasteiger partial charge in [-0.15, -0.1) is 0 Å². The van der Waals surface area contributed by atoms with Crippen LogP contribution in [0, 0.1) is 5.41 Å². The van der Waals surface area contributed by atoms with E-state index in [1.54, 1.807) is 0 Å². The first-order valence-electron chi connectivity index (χ1n) is 5.34. The molecule has 0 spiro atoms. The molecule has 1 atom stereocenters. The van der Waals surface area contributed by atoms with Crippen molar-refractivity contribution in [3.05, 3.63) is 0 Å². The van der Waals surface area contributed by atoms with Crippen LogP contribution in [0.1, 0.15) is 46.5 Å². The molecule has 0 bridgehead atoms. The summed E-state index contributed by atoms with van der Waals surface area (Å²) in [6.07, 6.45) is 3.24. The van der Waals surface area contributed by atoms with E-state index in [2.05, 4.69) is 5.32 Å². The van der Waals surface area contributed by atoms with Crippen molar-refractivity contribution in [2.45, 2.75) is 52.0 Å². The number of amides is 1. The second-order valence-corrected chi connectivity index (χ2v) is 4.98. The van der Waals surface area contributed by atoms with Crippen LogP contribution < -0.4 is 5.32 Å². The summed E-state index contributed by atoms with van der Waals surface area (Å²) >= 11 is 0. The smallest absolute Gasteiger partial charge is 0.329 e. The zero-order valence-corrected chi connectivity index (χ0v) is 9.59. The predicted molar refractivity (Wildman–Crippen MR) is 56.4 cm³/mol. The van der Waals surface area contributed by atoms with E-state index in [0.717, 1.165) is 19.3 Å². The average molecular weight is 213 g/mol. The molecular weight excluding hydrogens is 194 g/mol. The van der Waals surface area contributed by atoms with Crippen LogP contribution >= 0.6 is 0 Å². The molecule has 1 rings (SSSR count). The standard InChI is InChI=1S/C11H19NO3/c1-8(13)12-11(9(14)15)7-5-4-6-10(11,2)3/h4-7H2,1-3H3,(H,12,13)(H,14,15).